The number of fused-ring (bicyclic) bond motifs is 2. The van der Waals surface area contributed by atoms with Crippen LogP contribution in [0.1, 0.15) is 39.9 Å². The largest absolute Gasteiger partial charge is 0.374 e. The van der Waals surface area contributed by atoms with Gasteiger partial charge >= 0.3 is 0 Å². The SMILES string of the molecule is O=C1NC(O)CC[C@H]1N1Cc2cc3c(cc2C1=O)CCNCC3. The lowest BCUT2D eigenvalue weighted by molar-refractivity contribution is -0.132. The molecule has 1 unspecified atom stereocenters. The van der Waals surface area contributed by atoms with Gasteiger partial charge in [0.05, 0.1) is 0 Å². The van der Waals surface area contributed by atoms with Crippen molar-refractivity contribution in [2.75, 3.05) is 13.1 Å². The highest BCUT2D eigenvalue weighted by atomic mass is 16.3. The fourth-order valence-corrected chi connectivity index (χ4v) is 3.85. The average molecular weight is 315 g/mol. The Morgan fingerprint density at radius 1 is 1.04 bits per heavy atom. The number of hydrogen-bond acceptors (Lipinski definition) is 4. The summed E-state index contributed by atoms with van der Waals surface area (Å²) in [6, 6.07) is 3.69. The number of benzene rings is 1. The summed E-state index contributed by atoms with van der Waals surface area (Å²) in [4.78, 5) is 26.5. The van der Waals surface area contributed by atoms with Gasteiger partial charge < -0.3 is 20.6 Å². The molecule has 3 aliphatic rings. The highest BCUT2D eigenvalue weighted by Crippen LogP contribution is 2.30. The zero-order chi connectivity index (χ0) is 16.0. The van der Waals surface area contributed by atoms with Crippen LogP contribution in [0.4, 0.5) is 0 Å². The molecule has 6 heteroatoms. The van der Waals surface area contributed by atoms with E-state index in [0.29, 0.717) is 19.4 Å². The molecule has 1 saturated heterocycles. The van der Waals surface area contributed by atoms with Crippen molar-refractivity contribution in [1.82, 2.24) is 15.5 Å². The van der Waals surface area contributed by atoms with Crippen LogP contribution in [0.5, 0.6) is 0 Å². The van der Waals surface area contributed by atoms with Crippen LogP contribution in [-0.2, 0) is 24.2 Å². The maximum absolute atomic E-state index is 12.8. The van der Waals surface area contributed by atoms with Crippen molar-refractivity contribution in [1.29, 1.82) is 0 Å². The fraction of sp³-hybridized carbons (Fsp3) is 0.529. The van der Waals surface area contributed by atoms with E-state index in [1.807, 2.05) is 6.07 Å². The van der Waals surface area contributed by atoms with Crippen LogP contribution in [0.2, 0.25) is 0 Å². The molecule has 6 nitrogen and oxygen atoms in total. The van der Waals surface area contributed by atoms with Crippen LogP contribution >= 0.6 is 0 Å². The van der Waals surface area contributed by atoms with Crippen LogP contribution in [0.3, 0.4) is 0 Å². The first-order valence-corrected chi connectivity index (χ1v) is 8.28. The minimum absolute atomic E-state index is 0.0588. The van der Waals surface area contributed by atoms with E-state index in [0.717, 1.165) is 37.1 Å². The molecule has 1 fully saturated rings. The van der Waals surface area contributed by atoms with Gasteiger partial charge in [0.1, 0.15) is 12.3 Å². The molecule has 0 bridgehead atoms. The number of hydrogen-bond donors (Lipinski definition) is 3. The zero-order valence-electron chi connectivity index (χ0n) is 13.0. The number of piperidine rings is 1. The molecule has 0 radical (unpaired) electrons. The lowest BCUT2D eigenvalue weighted by atomic mass is 9.97. The van der Waals surface area contributed by atoms with E-state index in [9.17, 15) is 14.7 Å². The Morgan fingerprint density at radius 2 is 1.78 bits per heavy atom. The van der Waals surface area contributed by atoms with Crippen molar-refractivity contribution >= 4 is 11.8 Å². The lowest BCUT2D eigenvalue weighted by Crippen LogP contribution is -2.54. The molecule has 3 aliphatic heterocycles. The van der Waals surface area contributed by atoms with Crippen LogP contribution in [0, 0.1) is 0 Å². The number of aliphatic hydroxyl groups excluding tert-OH is 1. The van der Waals surface area contributed by atoms with Crippen molar-refractivity contribution in [3.8, 4) is 0 Å². The van der Waals surface area contributed by atoms with Crippen LogP contribution in [0.15, 0.2) is 12.1 Å². The van der Waals surface area contributed by atoms with Crippen LogP contribution < -0.4 is 10.6 Å². The van der Waals surface area contributed by atoms with E-state index >= 15 is 0 Å². The van der Waals surface area contributed by atoms with Crippen molar-refractivity contribution in [2.24, 2.45) is 0 Å². The molecule has 0 aromatic heterocycles. The molecule has 3 N–H and O–H groups in total. The Labute approximate surface area is 134 Å². The van der Waals surface area contributed by atoms with Crippen LogP contribution in [-0.4, -0.2) is 47.2 Å². The second kappa shape index (κ2) is 5.62. The molecule has 4 rings (SSSR count). The van der Waals surface area contributed by atoms with E-state index in [2.05, 4.69) is 16.7 Å². The summed E-state index contributed by atoms with van der Waals surface area (Å²) in [6.07, 6.45) is 2.12. The quantitative estimate of drug-likeness (QED) is 0.677. The van der Waals surface area contributed by atoms with Gasteiger partial charge in [0.2, 0.25) is 5.91 Å². The topological polar surface area (TPSA) is 81.7 Å². The van der Waals surface area contributed by atoms with Gasteiger partial charge in [-0.25, -0.2) is 0 Å². The zero-order valence-corrected chi connectivity index (χ0v) is 13.0. The minimum Gasteiger partial charge on any atom is -0.374 e. The van der Waals surface area contributed by atoms with Gasteiger partial charge in [-0.05, 0) is 61.5 Å². The standard InChI is InChI=1S/C17H21N3O3/c21-15-2-1-14(16(22)19-15)20-9-12-7-10-3-5-18-6-4-11(10)8-13(12)17(20)23/h7-8,14-15,18,21H,1-6,9H2,(H,19,22)/t14-,15?/m1/s1. The Bertz CT molecular complexity index is 673. The van der Waals surface area contributed by atoms with Gasteiger partial charge in [-0.15, -0.1) is 0 Å². The normalized spacial score (nSPS) is 27.3. The summed E-state index contributed by atoms with van der Waals surface area (Å²) in [6.45, 7) is 2.39. The minimum atomic E-state index is -0.789. The lowest BCUT2D eigenvalue weighted by Gasteiger charge is -2.32. The molecule has 2 amide bonds. The highest BCUT2D eigenvalue weighted by molar-refractivity contribution is 6.01. The first-order valence-electron chi connectivity index (χ1n) is 8.28. The second-order valence-electron chi connectivity index (χ2n) is 6.58. The molecule has 122 valence electrons. The number of nitrogens with zero attached hydrogens (tertiary/aromatic N) is 1. The summed E-state index contributed by atoms with van der Waals surface area (Å²) < 4.78 is 0. The Morgan fingerprint density at radius 3 is 2.52 bits per heavy atom. The highest BCUT2D eigenvalue weighted by Gasteiger charge is 2.39. The molecule has 0 aliphatic carbocycles. The number of aliphatic hydroxyl groups is 1. The number of carbonyl (C=O) groups excluding carboxylic acids is 2. The summed E-state index contributed by atoms with van der Waals surface area (Å²) in [5, 5.41) is 15.4. The molecule has 23 heavy (non-hydrogen) atoms. The van der Waals surface area contributed by atoms with Crippen molar-refractivity contribution in [3.63, 3.8) is 0 Å². The van der Waals surface area contributed by atoms with E-state index < -0.39 is 12.3 Å². The molecular weight excluding hydrogens is 294 g/mol. The number of rotatable bonds is 1. The smallest absolute Gasteiger partial charge is 0.255 e. The summed E-state index contributed by atoms with van der Waals surface area (Å²) in [5.74, 6) is -0.313. The molecule has 3 heterocycles. The van der Waals surface area contributed by atoms with E-state index in [4.69, 9.17) is 0 Å². The van der Waals surface area contributed by atoms with Gasteiger partial charge in [0.15, 0.2) is 0 Å². The van der Waals surface area contributed by atoms with Gasteiger partial charge in [-0.1, -0.05) is 6.07 Å². The second-order valence-corrected chi connectivity index (χ2v) is 6.58. The van der Waals surface area contributed by atoms with Gasteiger partial charge in [-0.3, -0.25) is 9.59 Å². The Balaban J connectivity index is 1.62. The van der Waals surface area contributed by atoms with E-state index in [-0.39, 0.29) is 11.8 Å². The maximum atomic E-state index is 12.8. The predicted octanol–water partition coefficient (Wildman–Crippen LogP) is -0.0724. The number of carbonyl (C=O) groups is 2. The Kier molecular flexibility index (Phi) is 3.58. The predicted molar refractivity (Wildman–Crippen MR) is 83.8 cm³/mol. The first kappa shape index (κ1) is 14.7. The molecule has 1 aromatic carbocycles. The molecule has 0 spiro atoms. The molecular formula is C17H21N3O3. The maximum Gasteiger partial charge on any atom is 0.255 e. The van der Waals surface area contributed by atoms with Gasteiger partial charge in [0.25, 0.3) is 5.91 Å². The Hall–Kier alpha value is -1.92. The van der Waals surface area contributed by atoms with Gasteiger partial charge in [-0.2, -0.15) is 0 Å². The van der Waals surface area contributed by atoms with E-state index in [1.165, 1.54) is 11.1 Å². The average Bonchev–Trinajstić information content (AvgIpc) is 2.71. The van der Waals surface area contributed by atoms with E-state index in [1.54, 1.807) is 4.90 Å². The third kappa shape index (κ3) is 2.52. The monoisotopic (exact) mass is 315 g/mol. The third-order valence-electron chi connectivity index (χ3n) is 5.10. The summed E-state index contributed by atoms with van der Waals surface area (Å²) in [5.41, 5.74) is 4.32. The van der Waals surface area contributed by atoms with Crippen molar-refractivity contribution < 1.29 is 14.7 Å². The first-order chi connectivity index (χ1) is 11.1. The van der Waals surface area contributed by atoms with Crippen LogP contribution in [0.25, 0.3) is 0 Å². The fourth-order valence-electron chi connectivity index (χ4n) is 3.85. The van der Waals surface area contributed by atoms with Gasteiger partial charge in [0, 0.05) is 12.1 Å². The van der Waals surface area contributed by atoms with Crippen molar-refractivity contribution in [2.45, 2.75) is 44.5 Å². The van der Waals surface area contributed by atoms with Crippen molar-refractivity contribution in [3.05, 3.63) is 34.4 Å². The summed E-state index contributed by atoms with van der Waals surface area (Å²) in [7, 11) is 0. The number of amides is 2. The molecule has 2 atom stereocenters. The molecule has 0 saturated carbocycles. The third-order valence-corrected chi connectivity index (χ3v) is 5.10. The molecule has 1 aromatic rings. The summed E-state index contributed by atoms with van der Waals surface area (Å²) >= 11 is 0. The number of nitrogens with one attached hydrogen (secondary N) is 2.